The van der Waals surface area contributed by atoms with Gasteiger partial charge in [-0.1, -0.05) is 29.0 Å². The predicted molar refractivity (Wildman–Crippen MR) is 104 cm³/mol. The summed E-state index contributed by atoms with van der Waals surface area (Å²) >= 11 is 7.60. The minimum Gasteiger partial charge on any atom is -0.497 e. The van der Waals surface area contributed by atoms with E-state index in [2.05, 4.69) is 4.99 Å². The van der Waals surface area contributed by atoms with Crippen LogP contribution in [0, 0.1) is 0 Å². The molecule has 1 heterocycles. The molecule has 0 aliphatic carbocycles. The number of amides is 1. The van der Waals surface area contributed by atoms with Crippen molar-refractivity contribution in [3.05, 3.63) is 57.9 Å². The highest BCUT2D eigenvalue weighted by Gasteiger charge is 2.15. The molecule has 8 heteroatoms. The summed E-state index contributed by atoms with van der Waals surface area (Å²) in [6.07, 6.45) is 0. The van der Waals surface area contributed by atoms with Gasteiger partial charge in [-0.05, 0) is 43.3 Å². The van der Waals surface area contributed by atoms with Crippen LogP contribution in [0.15, 0.2) is 47.5 Å². The van der Waals surface area contributed by atoms with Gasteiger partial charge < -0.3 is 14.0 Å². The maximum Gasteiger partial charge on any atom is 0.326 e. The molecule has 0 aliphatic rings. The number of ether oxygens (including phenoxy) is 2. The van der Waals surface area contributed by atoms with Crippen molar-refractivity contribution in [3.63, 3.8) is 0 Å². The van der Waals surface area contributed by atoms with Gasteiger partial charge in [-0.2, -0.15) is 4.99 Å². The highest BCUT2D eigenvalue weighted by Crippen LogP contribution is 2.25. The Morgan fingerprint density at radius 1 is 1.19 bits per heavy atom. The summed E-state index contributed by atoms with van der Waals surface area (Å²) in [7, 11) is 1.56. The molecular weight excluding hydrogens is 388 g/mol. The lowest BCUT2D eigenvalue weighted by atomic mass is 10.2. The summed E-state index contributed by atoms with van der Waals surface area (Å²) in [5.41, 5.74) is 1.07. The molecule has 0 atom stereocenters. The van der Waals surface area contributed by atoms with E-state index in [0.29, 0.717) is 26.7 Å². The first-order valence-corrected chi connectivity index (χ1v) is 9.39. The number of hydrogen-bond donors (Lipinski definition) is 0. The number of nitrogens with zero attached hydrogens (tertiary/aromatic N) is 2. The summed E-state index contributed by atoms with van der Waals surface area (Å²) in [4.78, 5) is 29.2. The number of hydrogen-bond acceptors (Lipinski definition) is 5. The molecule has 3 rings (SSSR count). The smallest absolute Gasteiger partial charge is 0.326 e. The average molecular weight is 405 g/mol. The van der Waals surface area contributed by atoms with Gasteiger partial charge in [0.25, 0.3) is 5.91 Å². The lowest BCUT2D eigenvalue weighted by molar-refractivity contribution is -0.143. The molecule has 0 radical (unpaired) electrons. The summed E-state index contributed by atoms with van der Waals surface area (Å²) < 4.78 is 12.6. The van der Waals surface area contributed by atoms with E-state index in [1.807, 2.05) is 12.1 Å². The number of aromatic nitrogens is 1. The van der Waals surface area contributed by atoms with E-state index in [4.69, 9.17) is 21.1 Å². The Kier molecular flexibility index (Phi) is 5.93. The maximum absolute atomic E-state index is 12.6. The van der Waals surface area contributed by atoms with E-state index in [0.717, 1.165) is 4.70 Å². The zero-order chi connectivity index (χ0) is 19.4. The van der Waals surface area contributed by atoms with Gasteiger partial charge in [0.2, 0.25) is 0 Å². The third-order valence-corrected chi connectivity index (χ3v) is 5.13. The zero-order valence-corrected chi connectivity index (χ0v) is 16.3. The lowest BCUT2D eigenvalue weighted by Gasteiger charge is -2.06. The number of rotatable bonds is 5. The molecule has 3 aromatic rings. The Labute approximate surface area is 164 Å². The van der Waals surface area contributed by atoms with Crippen molar-refractivity contribution in [2.24, 2.45) is 4.99 Å². The van der Waals surface area contributed by atoms with Crippen LogP contribution in [0.5, 0.6) is 5.75 Å². The Morgan fingerprint density at radius 2 is 1.93 bits per heavy atom. The van der Waals surface area contributed by atoms with Crippen LogP contribution in [0.3, 0.4) is 0 Å². The molecule has 27 heavy (non-hydrogen) atoms. The van der Waals surface area contributed by atoms with Crippen molar-refractivity contribution < 1.29 is 19.1 Å². The fourth-order valence-corrected chi connectivity index (χ4v) is 3.93. The van der Waals surface area contributed by atoms with E-state index in [1.165, 1.54) is 11.3 Å². The van der Waals surface area contributed by atoms with E-state index >= 15 is 0 Å². The van der Waals surface area contributed by atoms with Crippen LogP contribution < -0.4 is 9.54 Å². The van der Waals surface area contributed by atoms with Crippen molar-refractivity contribution in [2.75, 3.05) is 13.7 Å². The molecule has 0 saturated heterocycles. The van der Waals surface area contributed by atoms with Gasteiger partial charge >= 0.3 is 5.97 Å². The molecule has 0 N–H and O–H groups in total. The highest BCUT2D eigenvalue weighted by atomic mass is 35.5. The number of benzene rings is 2. The topological polar surface area (TPSA) is 69.9 Å². The number of carbonyl (C=O) groups excluding carboxylic acids is 2. The minimum absolute atomic E-state index is 0.0771. The Morgan fingerprint density at radius 3 is 2.59 bits per heavy atom. The van der Waals surface area contributed by atoms with Gasteiger partial charge in [-0.25, -0.2) is 0 Å². The van der Waals surface area contributed by atoms with Crippen LogP contribution >= 0.6 is 22.9 Å². The number of fused-ring (bicyclic) bond motifs is 1. The Hall–Kier alpha value is -2.64. The monoisotopic (exact) mass is 404 g/mol. The Balaban J connectivity index is 2.08. The number of thiazole rings is 1. The molecule has 0 fully saturated rings. The van der Waals surface area contributed by atoms with E-state index in [9.17, 15) is 9.59 Å². The molecule has 0 saturated carbocycles. The molecule has 0 bridgehead atoms. The number of esters is 1. The average Bonchev–Trinajstić information content (AvgIpc) is 3.00. The second kappa shape index (κ2) is 8.37. The first-order valence-electron chi connectivity index (χ1n) is 8.20. The third-order valence-electron chi connectivity index (χ3n) is 3.78. The summed E-state index contributed by atoms with van der Waals surface area (Å²) in [5.74, 6) is -0.189. The van der Waals surface area contributed by atoms with Crippen molar-refractivity contribution in [1.29, 1.82) is 0 Å². The van der Waals surface area contributed by atoms with Gasteiger partial charge in [-0.3, -0.25) is 9.59 Å². The van der Waals surface area contributed by atoms with Gasteiger partial charge in [0, 0.05) is 5.56 Å². The molecule has 1 amide bonds. The number of carbonyl (C=O) groups is 2. The fraction of sp³-hybridized carbons (Fsp3) is 0.211. The van der Waals surface area contributed by atoms with E-state index in [1.54, 1.807) is 48.9 Å². The van der Waals surface area contributed by atoms with Gasteiger partial charge in [0.15, 0.2) is 4.80 Å². The van der Waals surface area contributed by atoms with Crippen LogP contribution in [-0.4, -0.2) is 30.2 Å². The van der Waals surface area contributed by atoms with E-state index < -0.39 is 11.9 Å². The summed E-state index contributed by atoms with van der Waals surface area (Å²) in [6.45, 7) is 1.93. The second-order valence-corrected chi connectivity index (χ2v) is 6.92. The molecule has 0 unspecified atom stereocenters. The first kappa shape index (κ1) is 19.1. The fourth-order valence-electron chi connectivity index (χ4n) is 2.54. The second-order valence-electron chi connectivity index (χ2n) is 5.51. The zero-order valence-electron chi connectivity index (χ0n) is 14.8. The Bertz CT molecular complexity index is 1050. The van der Waals surface area contributed by atoms with Crippen LogP contribution in [0.4, 0.5) is 0 Å². The first-order chi connectivity index (χ1) is 13.0. The van der Waals surface area contributed by atoms with Crippen LogP contribution in [0.1, 0.15) is 17.3 Å². The summed E-state index contributed by atoms with van der Waals surface area (Å²) in [6, 6.07) is 12.1. The third kappa shape index (κ3) is 4.20. The molecule has 0 spiro atoms. The molecule has 2 aromatic carbocycles. The minimum atomic E-state index is -0.421. The molecular formula is C19H17ClN2O4S. The molecule has 6 nitrogen and oxygen atoms in total. The lowest BCUT2D eigenvalue weighted by Crippen LogP contribution is -2.23. The van der Waals surface area contributed by atoms with Crippen LogP contribution in [0.2, 0.25) is 5.02 Å². The van der Waals surface area contributed by atoms with Gasteiger partial charge in [0.1, 0.15) is 12.3 Å². The predicted octanol–water partition coefficient (Wildman–Crippen LogP) is 3.67. The van der Waals surface area contributed by atoms with E-state index in [-0.39, 0.29) is 13.2 Å². The van der Waals surface area contributed by atoms with Crippen molar-refractivity contribution in [1.82, 2.24) is 4.57 Å². The molecule has 0 aliphatic heterocycles. The molecule has 140 valence electrons. The highest BCUT2D eigenvalue weighted by molar-refractivity contribution is 7.16. The quantitative estimate of drug-likeness (QED) is 0.608. The number of halogens is 1. The SMILES string of the molecule is CCOC(=O)Cn1c(=NC(=O)c2ccc(OC)cc2)sc2cccc(Cl)c21. The van der Waals surface area contributed by atoms with Crippen LogP contribution in [0.25, 0.3) is 10.2 Å². The largest absolute Gasteiger partial charge is 0.497 e. The van der Waals surface area contributed by atoms with Crippen molar-refractivity contribution in [2.45, 2.75) is 13.5 Å². The van der Waals surface area contributed by atoms with Gasteiger partial charge in [-0.15, -0.1) is 0 Å². The standard InChI is InChI=1S/C19H17ClN2O4S/c1-3-26-16(23)11-22-17-14(20)5-4-6-15(17)27-19(22)21-18(24)12-7-9-13(25-2)10-8-12/h4-10H,3,11H2,1-2H3. The molecule has 1 aromatic heterocycles. The van der Waals surface area contributed by atoms with Crippen molar-refractivity contribution in [3.8, 4) is 5.75 Å². The maximum atomic E-state index is 12.6. The van der Waals surface area contributed by atoms with Gasteiger partial charge in [0.05, 0.1) is 29.0 Å². The number of para-hydroxylation sites is 1. The van der Waals surface area contributed by atoms with Crippen LogP contribution in [-0.2, 0) is 16.1 Å². The van der Waals surface area contributed by atoms with Crippen molar-refractivity contribution >= 4 is 45.0 Å². The number of methoxy groups -OCH3 is 1. The summed E-state index contributed by atoms with van der Waals surface area (Å²) in [5, 5.41) is 0.478. The normalized spacial score (nSPS) is 11.6.